The highest BCUT2D eigenvalue weighted by Gasteiger charge is 2.45. The van der Waals surface area contributed by atoms with Crippen LogP contribution in [0.5, 0.6) is 0 Å². The van der Waals surface area contributed by atoms with Crippen LogP contribution < -0.4 is 16.0 Å². The maximum Gasteiger partial charge on any atom is 0.143 e. The number of rotatable bonds is 5. The van der Waals surface area contributed by atoms with E-state index in [4.69, 9.17) is 9.84 Å². The molecule has 6 nitrogen and oxygen atoms in total. The van der Waals surface area contributed by atoms with Gasteiger partial charge in [-0.15, -0.1) is 0 Å². The Morgan fingerprint density at radius 2 is 1.12 bits per heavy atom. The second kappa shape index (κ2) is 11.0. The second-order valence-electron chi connectivity index (χ2n) is 12.0. The van der Waals surface area contributed by atoms with Crippen LogP contribution in [0.4, 0.5) is 0 Å². The SMILES string of the molecule is CC1CCC(C2NC(C3CCC(C)CC3C)NC(C3CCC(OCO)CC3O)N2)C(C)C1. The average Bonchev–Trinajstić information content (AvgIpc) is 2.74. The van der Waals surface area contributed by atoms with Gasteiger partial charge in [-0.2, -0.15) is 0 Å². The zero-order valence-corrected chi connectivity index (χ0v) is 20.8. The molecule has 1 aliphatic heterocycles. The van der Waals surface area contributed by atoms with Crippen molar-refractivity contribution >= 4 is 0 Å². The summed E-state index contributed by atoms with van der Waals surface area (Å²) in [6.07, 6.45) is 10.6. The lowest BCUT2D eigenvalue weighted by Crippen LogP contribution is -2.74. The van der Waals surface area contributed by atoms with E-state index in [0.29, 0.717) is 42.4 Å². The van der Waals surface area contributed by atoms with Crippen molar-refractivity contribution in [2.45, 2.75) is 116 Å². The molecule has 32 heavy (non-hydrogen) atoms. The van der Waals surface area contributed by atoms with Crippen LogP contribution in [0, 0.1) is 41.4 Å². The van der Waals surface area contributed by atoms with Crippen molar-refractivity contribution in [2.24, 2.45) is 41.4 Å². The summed E-state index contributed by atoms with van der Waals surface area (Å²) in [5, 5.41) is 32.1. The van der Waals surface area contributed by atoms with Crippen molar-refractivity contribution < 1.29 is 14.9 Å². The summed E-state index contributed by atoms with van der Waals surface area (Å²) in [7, 11) is 0. The average molecular weight is 452 g/mol. The Morgan fingerprint density at radius 1 is 0.656 bits per heavy atom. The standard InChI is InChI=1S/C26H49N3O3/c1-15-5-8-20(17(3)11-15)24-27-25(21-9-6-16(2)12-18(21)4)29-26(28-24)22-10-7-19(32-14-30)13-23(22)31/h15-31H,5-14H2,1-4H3. The summed E-state index contributed by atoms with van der Waals surface area (Å²) in [5.74, 6) is 4.55. The molecule has 3 saturated carbocycles. The van der Waals surface area contributed by atoms with E-state index >= 15 is 0 Å². The van der Waals surface area contributed by atoms with Gasteiger partial charge in [-0.3, -0.25) is 16.0 Å². The van der Waals surface area contributed by atoms with Gasteiger partial charge in [-0.1, -0.05) is 40.5 Å². The van der Waals surface area contributed by atoms with E-state index in [1.165, 1.54) is 38.5 Å². The molecule has 0 amide bonds. The van der Waals surface area contributed by atoms with Crippen molar-refractivity contribution in [1.82, 2.24) is 16.0 Å². The normalized spacial score (nSPS) is 50.8. The van der Waals surface area contributed by atoms with Crippen LogP contribution in [0.3, 0.4) is 0 Å². The molecule has 0 bridgehead atoms. The van der Waals surface area contributed by atoms with Crippen LogP contribution in [-0.4, -0.2) is 47.7 Å². The lowest BCUT2D eigenvalue weighted by molar-refractivity contribution is -0.102. The highest BCUT2D eigenvalue weighted by Crippen LogP contribution is 2.39. The molecule has 0 spiro atoms. The first-order valence-corrected chi connectivity index (χ1v) is 13.5. The Bertz CT molecular complexity index is 559. The molecule has 4 rings (SSSR count). The fourth-order valence-corrected chi connectivity index (χ4v) is 7.61. The fourth-order valence-electron chi connectivity index (χ4n) is 7.61. The van der Waals surface area contributed by atoms with E-state index < -0.39 is 6.10 Å². The maximum atomic E-state index is 11.0. The Hall–Kier alpha value is -0.240. The van der Waals surface area contributed by atoms with Gasteiger partial charge in [0, 0.05) is 5.92 Å². The molecule has 0 aromatic heterocycles. The van der Waals surface area contributed by atoms with Gasteiger partial charge in [-0.25, -0.2) is 0 Å². The van der Waals surface area contributed by atoms with E-state index in [-0.39, 0.29) is 25.0 Å². The van der Waals surface area contributed by atoms with Crippen LogP contribution in [0.15, 0.2) is 0 Å². The minimum absolute atomic E-state index is 0.0285. The van der Waals surface area contributed by atoms with Gasteiger partial charge >= 0.3 is 0 Å². The molecule has 5 N–H and O–H groups in total. The number of ether oxygens (including phenoxy) is 1. The topological polar surface area (TPSA) is 85.8 Å². The van der Waals surface area contributed by atoms with Gasteiger partial charge in [0.05, 0.1) is 30.7 Å². The molecule has 11 unspecified atom stereocenters. The van der Waals surface area contributed by atoms with Crippen LogP contribution in [0.1, 0.15) is 85.5 Å². The highest BCUT2D eigenvalue weighted by molar-refractivity contribution is 4.98. The van der Waals surface area contributed by atoms with Crippen molar-refractivity contribution in [3.8, 4) is 0 Å². The molecule has 186 valence electrons. The number of hydrogen-bond acceptors (Lipinski definition) is 6. The predicted molar refractivity (Wildman–Crippen MR) is 127 cm³/mol. The molecule has 3 aliphatic carbocycles. The Kier molecular flexibility index (Phi) is 8.55. The van der Waals surface area contributed by atoms with Crippen LogP contribution in [0.2, 0.25) is 0 Å². The number of hydrogen-bond donors (Lipinski definition) is 5. The maximum absolute atomic E-state index is 11.0. The van der Waals surface area contributed by atoms with Crippen molar-refractivity contribution in [3.63, 3.8) is 0 Å². The number of nitrogens with one attached hydrogen (secondary N) is 3. The monoisotopic (exact) mass is 451 g/mol. The molecule has 11 atom stereocenters. The van der Waals surface area contributed by atoms with E-state index in [1.54, 1.807) is 0 Å². The van der Waals surface area contributed by atoms with Crippen molar-refractivity contribution in [1.29, 1.82) is 0 Å². The van der Waals surface area contributed by atoms with Gasteiger partial charge in [0.2, 0.25) is 0 Å². The summed E-state index contributed by atoms with van der Waals surface area (Å²) in [6, 6.07) is 0. The molecule has 4 aliphatic rings. The first kappa shape index (κ1) is 24.9. The number of aliphatic hydroxyl groups is 2. The van der Waals surface area contributed by atoms with E-state index in [1.807, 2.05) is 0 Å². The van der Waals surface area contributed by atoms with E-state index in [2.05, 4.69) is 43.6 Å². The second-order valence-corrected chi connectivity index (χ2v) is 12.0. The van der Waals surface area contributed by atoms with E-state index in [9.17, 15) is 5.11 Å². The molecule has 0 aromatic rings. The van der Waals surface area contributed by atoms with Gasteiger partial charge in [-0.05, 0) is 80.5 Å². The molecule has 0 aromatic carbocycles. The summed E-state index contributed by atoms with van der Waals surface area (Å²) in [5.41, 5.74) is 0. The molecule has 6 heteroatoms. The van der Waals surface area contributed by atoms with E-state index in [0.717, 1.165) is 24.7 Å². The number of aliphatic hydroxyl groups excluding tert-OH is 2. The van der Waals surface area contributed by atoms with Gasteiger partial charge < -0.3 is 14.9 Å². The molecule has 1 heterocycles. The third-order valence-corrected chi connectivity index (χ3v) is 9.49. The molecular weight excluding hydrogens is 402 g/mol. The molecule has 0 radical (unpaired) electrons. The van der Waals surface area contributed by atoms with Crippen LogP contribution in [0.25, 0.3) is 0 Å². The van der Waals surface area contributed by atoms with Gasteiger partial charge in [0.25, 0.3) is 0 Å². The van der Waals surface area contributed by atoms with Crippen molar-refractivity contribution in [2.75, 3.05) is 6.79 Å². The molecule has 4 fully saturated rings. The zero-order valence-electron chi connectivity index (χ0n) is 20.8. The third kappa shape index (κ3) is 5.69. The summed E-state index contributed by atoms with van der Waals surface area (Å²) in [6.45, 7) is 9.41. The lowest BCUT2D eigenvalue weighted by Gasteiger charge is -2.52. The summed E-state index contributed by atoms with van der Waals surface area (Å²) < 4.78 is 5.41. The summed E-state index contributed by atoms with van der Waals surface area (Å²) in [4.78, 5) is 0. The smallest absolute Gasteiger partial charge is 0.143 e. The van der Waals surface area contributed by atoms with Crippen LogP contribution >= 0.6 is 0 Å². The largest absolute Gasteiger partial charge is 0.393 e. The highest BCUT2D eigenvalue weighted by atomic mass is 16.6. The quantitative estimate of drug-likeness (QED) is 0.412. The Morgan fingerprint density at radius 3 is 1.56 bits per heavy atom. The lowest BCUT2D eigenvalue weighted by atomic mass is 9.71. The predicted octanol–water partition coefficient (Wildman–Crippen LogP) is 3.39. The first-order valence-electron chi connectivity index (χ1n) is 13.5. The Balaban J connectivity index is 1.49. The Labute approximate surface area is 195 Å². The third-order valence-electron chi connectivity index (χ3n) is 9.49. The minimum Gasteiger partial charge on any atom is -0.393 e. The van der Waals surface area contributed by atoms with Crippen molar-refractivity contribution in [3.05, 3.63) is 0 Å². The van der Waals surface area contributed by atoms with Gasteiger partial charge in [0.1, 0.15) is 6.79 Å². The van der Waals surface area contributed by atoms with Gasteiger partial charge in [0.15, 0.2) is 0 Å². The molecular formula is C26H49N3O3. The molecule has 1 saturated heterocycles. The minimum atomic E-state index is -0.405. The fraction of sp³-hybridized carbons (Fsp3) is 1.00. The summed E-state index contributed by atoms with van der Waals surface area (Å²) >= 11 is 0. The zero-order chi connectivity index (χ0) is 22.8. The van der Waals surface area contributed by atoms with Crippen LogP contribution in [-0.2, 0) is 4.74 Å². The first-order chi connectivity index (χ1) is 15.4.